The molecule has 2 aromatic rings. The zero-order chi connectivity index (χ0) is 15.1. The molecular weight excluding hydrogens is 262 g/mol. The standard InChI is InChI=1S/C17H25N3O/c1-4-9-18-17-15(13-20(2)10-11-21-3)12-14-7-5-6-8-16(14)19-17/h5-8,12H,4,9-11,13H2,1-3H3,(H,18,19). The van der Waals surface area contributed by atoms with Crippen LogP contribution in [0.25, 0.3) is 10.9 Å². The molecule has 114 valence electrons. The van der Waals surface area contributed by atoms with Gasteiger partial charge < -0.3 is 10.1 Å². The van der Waals surface area contributed by atoms with Gasteiger partial charge in [0.05, 0.1) is 12.1 Å². The summed E-state index contributed by atoms with van der Waals surface area (Å²) >= 11 is 0. The number of rotatable bonds is 8. The number of methoxy groups -OCH3 is 1. The molecule has 0 aliphatic heterocycles. The van der Waals surface area contributed by atoms with Crippen LogP contribution in [-0.2, 0) is 11.3 Å². The Hall–Kier alpha value is -1.65. The predicted molar refractivity (Wildman–Crippen MR) is 88.7 cm³/mol. The topological polar surface area (TPSA) is 37.4 Å². The molecule has 0 fully saturated rings. The minimum Gasteiger partial charge on any atom is -0.383 e. The molecule has 4 nitrogen and oxygen atoms in total. The molecule has 0 radical (unpaired) electrons. The van der Waals surface area contributed by atoms with Crippen LogP contribution in [0.5, 0.6) is 0 Å². The number of para-hydroxylation sites is 1. The van der Waals surface area contributed by atoms with Crippen LogP contribution >= 0.6 is 0 Å². The molecule has 0 atom stereocenters. The molecule has 0 saturated heterocycles. The van der Waals surface area contributed by atoms with Crippen LogP contribution in [0.1, 0.15) is 18.9 Å². The third kappa shape index (κ3) is 4.41. The van der Waals surface area contributed by atoms with E-state index >= 15 is 0 Å². The monoisotopic (exact) mass is 287 g/mol. The number of likely N-dealkylation sites (N-methyl/N-ethyl adjacent to an activating group) is 1. The lowest BCUT2D eigenvalue weighted by Gasteiger charge is -2.19. The van der Waals surface area contributed by atoms with E-state index in [0.29, 0.717) is 0 Å². The first-order chi connectivity index (χ1) is 10.2. The van der Waals surface area contributed by atoms with E-state index in [-0.39, 0.29) is 0 Å². The van der Waals surface area contributed by atoms with Crippen molar-refractivity contribution in [3.63, 3.8) is 0 Å². The molecule has 2 rings (SSSR count). The number of aromatic nitrogens is 1. The molecule has 1 heterocycles. The average Bonchev–Trinajstić information content (AvgIpc) is 2.50. The SMILES string of the molecule is CCCNc1nc2ccccc2cc1CN(C)CCOC. The molecule has 0 saturated carbocycles. The lowest BCUT2D eigenvalue weighted by Crippen LogP contribution is -2.23. The fourth-order valence-corrected chi connectivity index (χ4v) is 2.29. The number of benzene rings is 1. The van der Waals surface area contributed by atoms with Crippen molar-refractivity contribution in [1.82, 2.24) is 9.88 Å². The van der Waals surface area contributed by atoms with Crippen molar-refractivity contribution in [2.45, 2.75) is 19.9 Å². The van der Waals surface area contributed by atoms with Crippen molar-refractivity contribution >= 4 is 16.7 Å². The van der Waals surface area contributed by atoms with Crippen LogP contribution < -0.4 is 5.32 Å². The fraction of sp³-hybridized carbons (Fsp3) is 0.471. The zero-order valence-electron chi connectivity index (χ0n) is 13.2. The van der Waals surface area contributed by atoms with E-state index in [1.807, 2.05) is 6.07 Å². The molecule has 1 aromatic heterocycles. The number of hydrogen-bond acceptors (Lipinski definition) is 4. The number of fused-ring (bicyclic) bond motifs is 1. The Bertz CT molecular complexity index is 571. The van der Waals surface area contributed by atoms with Gasteiger partial charge in [0, 0.05) is 37.7 Å². The van der Waals surface area contributed by atoms with E-state index in [0.717, 1.165) is 44.0 Å². The maximum atomic E-state index is 5.14. The van der Waals surface area contributed by atoms with E-state index in [1.54, 1.807) is 7.11 Å². The largest absolute Gasteiger partial charge is 0.383 e. The van der Waals surface area contributed by atoms with Gasteiger partial charge in [-0.25, -0.2) is 4.98 Å². The van der Waals surface area contributed by atoms with Gasteiger partial charge in [0.15, 0.2) is 0 Å². The van der Waals surface area contributed by atoms with Gasteiger partial charge >= 0.3 is 0 Å². The summed E-state index contributed by atoms with van der Waals surface area (Å²) < 4.78 is 5.14. The van der Waals surface area contributed by atoms with Gasteiger partial charge in [-0.05, 0) is 25.6 Å². The first-order valence-corrected chi connectivity index (χ1v) is 7.54. The highest BCUT2D eigenvalue weighted by molar-refractivity contribution is 5.81. The van der Waals surface area contributed by atoms with Gasteiger partial charge in [0.2, 0.25) is 0 Å². The van der Waals surface area contributed by atoms with Crippen LogP contribution in [0, 0.1) is 0 Å². The molecule has 1 N–H and O–H groups in total. The summed E-state index contributed by atoms with van der Waals surface area (Å²) in [5.74, 6) is 1.000. The lowest BCUT2D eigenvalue weighted by molar-refractivity contribution is 0.158. The highest BCUT2D eigenvalue weighted by atomic mass is 16.5. The van der Waals surface area contributed by atoms with Gasteiger partial charge in [-0.15, -0.1) is 0 Å². The first kappa shape index (κ1) is 15.7. The molecule has 0 bridgehead atoms. The van der Waals surface area contributed by atoms with E-state index < -0.39 is 0 Å². The average molecular weight is 287 g/mol. The number of ether oxygens (including phenoxy) is 1. The van der Waals surface area contributed by atoms with E-state index in [9.17, 15) is 0 Å². The quantitative estimate of drug-likeness (QED) is 0.809. The molecule has 0 aliphatic carbocycles. The van der Waals surface area contributed by atoms with Gasteiger partial charge in [0.1, 0.15) is 5.82 Å². The Morgan fingerprint density at radius 1 is 1.29 bits per heavy atom. The van der Waals surface area contributed by atoms with Gasteiger partial charge in [-0.3, -0.25) is 4.90 Å². The maximum absolute atomic E-state index is 5.14. The number of pyridine rings is 1. The fourth-order valence-electron chi connectivity index (χ4n) is 2.29. The van der Waals surface area contributed by atoms with Gasteiger partial charge in [0.25, 0.3) is 0 Å². The van der Waals surface area contributed by atoms with E-state index in [2.05, 4.69) is 48.5 Å². The summed E-state index contributed by atoms with van der Waals surface area (Å²) in [6.07, 6.45) is 1.09. The third-order valence-corrected chi connectivity index (χ3v) is 3.46. The van der Waals surface area contributed by atoms with Crippen molar-refractivity contribution in [2.24, 2.45) is 0 Å². The van der Waals surface area contributed by atoms with Crippen LogP contribution in [0.3, 0.4) is 0 Å². The summed E-state index contributed by atoms with van der Waals surface area (Å²) in [5, 5.41) is 4.64. The predicted octanol–water partition coefficient (Wildman–Crippen LogP) is 3.13. The van der Waals surface area contributed by atoms with Gasteiger partial charge in [-0.1, -0.05) is 25.1 Å². The molecule has 21 heavy (non-hydrogen) atoms. The molecule has 1 aromatic carbocycles. The van der Waals surface area contributed by atoms with Crippen LogP contribution in [0.2, 0.25) is 0 Å². The van der Waals surface area contributed by atoms with Gasteiger partial charge in [-0.2, -0.15) is 0 Å². The molecular formula is C17H25N3O. The Kier molecular flexibility index (Phi) is 5.96. The Morgan fingerprint density at radius 2 is 2.10 bits per heavy atom. The van der Waals surface area contributed by atoms with Crippen LogP contribution in [0.15, 0.2) is 30.3 Å². The summed E-state index contributed by atoms with van der Waals surface area (Å²) in [4.78, 5) is 7.03. The van der Waals surface area contributed by atoms with Crippen molar-refractivity contribution in [1.29, 1.82) is 0 Å². The highest BCUT2D eigenvalue weighted by Crippen LogP contribution is 2.21. The minimum absolute atomic E-state index is 0.745. The second-order valence-corrected chi connectivity index (χ2v) is 5.35. The minimum atomic E-state index is 0.745. The normalized spacial score (nSPS) is 11.2. The second-order valence-electron chi connectivity index (χ2n) is 5.35. The summed E-state index contributed by atoms with van der Waals surface area (Å²) in [5.41, 5.74) is 2.28. The van der Waals surface area contributed by atoms with Crippen molar-refractivity contribution in [3.05, 3.63) is 35.9 Å². The number of anilines is 1. The van der Waals surface area contributed by atoms with E-state index in [4.69, 9.17) is 9.72 Å². The molecule has 0 amide bonds. The van der Waals surface area contributed by atoms with Crippen molar-refractivity contribution in [2.75, 3.05) is 39.2 Å². The molecule has 0 aliphatic rings. The first-order valence-electron chi connectivity index (χ1n) is 7.54. The van der Waals surface area contributed by atoms with E-state index in [1.165, 1.54) is 10.9 Å². The Labute approximate surface area is 127 Å². The van der Waals surface area contributed by atoms with Crippen LogP contribution in [0.4, 0.5) is 5.82 Å². The highest BCUT2D eigenvalue weighted by Gasteiger charge is 2.09. The second kappa shape index (κ2) is 7.96. The maximum Gasteiger partial charge on any atom is 0.131 e. The van der Waals surface area contributed by atoms with Crippen molar-refractivity contribution in [3.8, 4) is 0 Å². The number of hydrogen-bond donors (Lipinski definition) is 1. The molecule has 0 spiro atoms. The number of nitrogens with one attached hydrogen (secondary N) is 1. The number of nitrogens with zero attached hydrogens (tertiary/aromatic N) is 2. The van der Waals surface area contributed by atoms with Crippen molar-refractivity contribution < 1.29 is 4.74 Å². The van der Waals surface area contributed by atoms with Crippen LogP contribution in [-0.4, -0.2) is 43.7 Å². The molecule has 4 heteroatoms. The Balaban J connectivity index is 2.25. The Morgan fingerprint density at radius 3 is 2.86 bits per heavy atom. The lowest BCUT2D eigenvalue weighted by atomic mass is 10.1. The summed E-state index contributed by atoms with van der Waals surface area (Å²) in [6, 6.07) is 10.5. The zero-order valence-corrected chi connectivity index (χ0v) is 13.2. The molecule has 0 unspecified atom stereocenters. The summed E-state index contributed by atoms with van der Waals surface area (Å²) in [6.45, 7) is 5.64. The smallest absolute Gasteiger partial charge is 0.131 e. The third-order valence-electron chi connectivity index (χ3n) is 3.46. The summed E-state index contributed by atoms with van der Waals surface area (Å²) in [7, 11) is 3.84.